The largest absolute Gasteiger partial charge is 0.396 e. The van der Waals surface area contributed by atoms with Crippen LogP contribution in [0.3, 0.4) is 0 Å². The molecule has 0 unspecified atom stereocenters. The highest BCUT2D eigenvalue weighted by Gasteiger charge is 2.08. The van der Waals surface area contributed by atoms with Gasteiger partial charge in [-0.3, -0.25) is 4.79 Å². The van der Waals surface area contributed by atoms with Gasteiger partial charge in [0, 0.05) is 24.5 Å². The number of hydrogen-bond donors (Lipinski definition) is 2. The lowest BCUT2D eigenvalue weighted by molar-refractivity contribution is 0.0949. The molecule has 0 fully saturated rings. The number of nitrogens with two attached hydrogens (primary N) is 1. The highest BCUT2D eigenvalue weighted by Crippen LogP contribution is 2.12. The fraction of sp³-hybridized carbons (Fsp3) is 0.154. The van der Waals surface area contributed by atoms with Gasteiger partial charge in [0.25, 0.3) is 5.91 Å². The minimum absolute atomic E-state index is 0.0361. The lowest BCUT2D eigenvalue weighted by atomic mass is 10.2. The van der Waals surface area contributed by atoms with Crippen LogP contribution >= 0.6 is 0 Å². The van der Waals surface area contributed by atoms with Crippen molar-refractivity contribution in [1.29, 1.82) is 0 Å². The van der Waals surface area contributed by atoms with E-state index in [9.17, 15) is 9.18 Å². The van der Waals surface area contributed by atoms with E-state index in [1.807, 2.05) is 29.9 Å². The zero-order valence-electron chi connectivity index (χ0n) is 9.98. The highest BCUT2D eigenvalue weighted by molar-refractivity contribution is 5.94. The molecule has 3 N–H and O–H groups in total. The molecule has 0 radical (unpaired) electrons. The van der Waals surface area contributed by atoms with Gasteiger partial charge in [-0.2, -0.15) is 0 Å². The van der Waals surface area contributed by atoms with Crippen LogP contribution < -0.4 is 11.1 Å². The Kier molecular flexibility index (Phi) is 3.32. The predicted octanol–water partition coefficient (Wildman–Crippen LogP) is 1.68. The minimum atomic E-state index is -0.582. The number of nitrogens with one attached hydrogen (secondary N) is 1. The van der Waals surface area contributed by atoms with Gasteiger partial charge in [0.2, 0.25) is 0 Å². The molecule has 1 amide bonds. The summed E-state index contributed by atoms with van der Waals surface area (Å²) in [6.07, 6.45) is 1.89. The maximum absolute atomic E-state index is 13.2. The Hall–Kier alpha value is -2.30. The highest BCUT2D eigenvalue weighted by atomic mass is 19.1. The Morgan fingerprint density at radius 3 is 2.83 bits per heavy atom. The summed E-state index contributed by atoms with van der Waals surface area (Å²) in [5.74, 6) is -0.906. The van der Waals surface area contributed by atoms with E-state index in [0.717, 1.165) is 11.8 Å². The van der Waals surface area contributed by atoms with Crippen LogP contribution in [0, 0.1) is 5.82 Å². The van der Waals surface area contributed by atoms with Crippen LogP contribution in [0.1, 0.15) is 16.1 Å². The van der Waals surface area contributed by atoms with Crippen molar-refractivity contribution in [3.8, 4) is 0 Å². The summed E-state index contributed by atoms with van der Waals surface area (Å²) in [6, 6.07) is 7.81. The van der Waals surface area contributed by atoms with Gasteiger partial charge in [0.05, 0.1) is 12.2 Å². The van der Waals surface area contributed by atoms with E-state index in [4.69, 9.17) is 5.73 Å². The molecule has 0 bridgehead atoms. The van der Waals surface area contributed by atoms with Crippen molar-refractivity contribution in [3.05, 3.63) is 53.6 Å². The number of rotatable bonds is 3. The van der Waals surface area contributed by atoms with E-state index in [0.29, 0.717) is 6.54 Å². The van der Waals surface area contributed by atoms with Crippen molar-refractivity contribution in [2.45, 2.75) is 6.54 Å². The SMILES string of the molecule is Cn1cccc1CNC(=O)c1ccc(N)c(F)c1. The van der Waals surface area contributed by atoms with Crippen molar-refractivity contribution >= 4 is 11.6 Å². The second-order valence-corrected chi connectivity index (χ2v) is 4.03. The molecule has 0 saturated carbocycles. The average Bonchev–Trinajstić information content (AvgIpc) is 2.75. The Bertz CT molecular complexity index is 577. The van der Waals surface area contributed by atoms with Crippen LogP contribution in [-0.4, -0.2) is 10.5 Å². The minimum Gasteiger partial charge on any atom is -0.396 e. The monoisotopic (exact) mass is 247 g/mol. The second-order valence-electron chi connectivity index (χ2n) is 4.03. The first-order valence-electron chi connectivity index (χ1n) is 5.51. The smallest absolute Gasteiger partial charge is 0.251 e. The summed E-state index contributed by atoms with van der Waals surface area (Å²) in [4.78, 5) is 11.8. The van der Waals surface area contributed by atoms with Crippen molar-refractivity contribution in [2.75, 3.05) is 5.73 Å². The third-order valence-electron chi connectivity index (χ3n) is 2.74. The van der Waals surface area contributed by atoms with E-state index in [-0.39, 0.29) is 17.2 Å². The van der Waals surface area contributed by atoms with E-state index in [1.165, 1.54) is 12.1 Å². The van der Waals surface area contributed by atoms with E-state index in [1.54, 1.807) is 0 Å². The van der Waals surface area contributed by atoms with Crippen molar-refractivity contribution in [3.63, 3.8) is 0 Å². The van der Waals surface area contributed by atoms with Crippen LogP contribution in [0.5, 0.6) is 0 Å². The third kappa shape index (κ3) is 2.51. The van der Waals surface area contributed by atoms with Crippen LogP contribution in [0.2, 0.25) is 0 Å². The molecule has 5 heteroatoms. The maximum Gasteiger partial charge on any atom is 0.251 e. The molecule has 0 aliphatic carbocycles. The van der Waals surface area contributed by atoms with E-state index < -0.39 is 5.82 Å². The van der Waals surface area contributed by atoms with Gasteiger partial charge >= 0.3 is 0 Å². The number of amides is 1. The van der Waals surface area contributed by atoms with Crippen molar-refractivity contribution < 1.29 is 9.18 Å². The normalized spacial score (nSPS) is 10.3. The first kappa shape index (κ1) is 12.2. The standard InChI is InChI=1S/C13H14FN3O/c1-17-6-2-3-10(17)8-16-13(18)9-4-5-12(15)11(14)7-9/h2-7H,8,15H2,1H3,(H,16,18). The predicted molar refractivity (Wildman–Crippen MR) is 67.4 cm³/mol. The van der Waals surface area contributed by atoms with Crippen molar-refractivity contribution in [2.24, 2.45) is 7.05 Å². The van der Waals surface area contributed by atoms with Gasteiger partial charge in [-0.1, -0.05) is 0 Å². The fourth-order valence-corrected chi connectivity index (χ4v) is 1.62. The summed E-state index contributed by atoms with van der Waals surface area (Å²) in [5.41, 5.74) is 6.62. The first-order valence-corrected chi connectivity index (χ1v) is 5.51. The van der Waals surface area contributed by atoms with Crippen molar-refractivity contribution in [1.82, 2.24) is 9.88 Å². The van der Waals surface area contributed by atoms with Gasteiger partial charge in [0.1, 0.15) is 5.82 Å². The molecule has 0 saturated heterocycles. The lowest BCUT2D eigenvalue weighted by Gasteiger charge is -2.07. The summed E-state index contributed by atoms with van der Waals surface area (Å²) in [5, 5.41) is 2.72. The summed E-state index contributed by atoms with van der Waals surface area (Å²) >= 11 is 0. The molecule has 1 aromatic heterocycles. The number of nitrogens with zero attached hydrogens (tertiary/aromatic N) is 1. The fourth-order valence-electron chi connectivity index (χ4n) is 1.62. The van der Waals surface area contributed by atoms with Gasteiger partial charge in [-0.25, -0.2) is 4.39 Å². The number of aromatic nitrogens is 1. The number of hydrogen-bond acceptors (Lipinski definition) is 2. The Morgan fingerprint density at radius 2 is 2.22 bits per heavy atom. The molecule has 2 aromatic rings. The first-order chi connectivity index (χ1) is 8.58. The molecule has 0 spiro atoms. The van der Waals surface area contributed by atoms with Gasteiger partial charge in [0.15, 0.2) is 0 Å². The number of benzene rings is 1. The molecule has 18 heavy (non-hydrogen) atoms. The van der Waals surface area contributed by atoms with Gasteiger partial charge in [-0.05, 0) is 30.3 Å². The van der Waals surface area contributed by atoms with E-state index in [2.05, 4.69) is 5.32 Å². The zero-order chi connectivity index (χ0) is 13.1. The van der Waals surface area contributed by atoms with Crippen LogP contribution in [-0.2, 0) is 13.6 Å². The topological polar surface area (TPSA) is 60.0 Å². The molecule has 1 heterocycles. The van der Waals surface area contributed by atoms with Gasteiger partial charge < -0.3 is 15.6 Å². The molecule has 0 atom stereocenters. The Labute approximate surface area is 104 Å². The molecule has 1 aromatic carbocycles. The average molecular weight is 247 g/mol. The molecule has 4 nitrogen and oxygen atoms in total. The zero-order valence-corrected chi connectivity index (χ0v) is 9.98. The number of aryl methyl sites for hydroxylation is 1. The lowest BCUT2D eigenvalue weighted by Crippen LogP contribution is -2.24. The maximum atomic E-state index is 13.2. The molecular weight excluding hydrogens is 233 g/mol. The summed E-state index contributed by atoms with van der Waals surface area (Å²) in [6.45, 7) is 0.397. The number of anilines is 1. The molecule has 0 aliphatic rings. The number of carbonyl (C=O) groups is 1. The Balaban J connectivity index is 2.04. The second kappa shape index (κ2) is 4.91. The van der Waals surface area contributed by atoms with E-state index >= 15 is 0 Å². The van der Waals surface area contributed by atoms with Crippen LogP contribution in [0.25, 0.3) is 0 Å². The quantitative estimate of drug-likeness (QED) is 0.811. The number of carbonyl (C=O) groups excluding carboxylic acids is 1. The Morgan fingerprint density at radius 1 is 1.44 bits per heavy atom. The van der Waals surface area contributed by atoms with Crippen LogP contribution in [0.4, 0.5) is 10.1 Å². The summed E-state index contributed by atoms with van der Waals surface area (Å²) < 4.78 is 15.1. The molecule has 0 aliphatic heterocycles. The van der Waals surface area contributed by atoms with Crippen LogP contribution in [0.15, 0.2) is 36.5 Å². The summed E-state index contributed by atoms with van der Waals surface area (Å²) in [7, 11) is 1.89. The molecule has 94 valence electrons. The van der Waals surface area contributed by atoms with Gasteiger partial charge in [-0.15, -0.1) is 0 Å². The molecule has 2 rings (SSSR count). The molecular formula is C13H14FN3O. The third-order valence-corrected chi connectivity index (χ3v) is 2.74. The number of halogens is 1. The number of nitrogen functional groups attached to an aromatic ring is 1.